The van der Waals surface area contributed by atoms with Gasteiger partial charge in [0.2, 0.25) is 5.91 Å². The first kappa shape index (κ1) is 13.8. The van der Waals surface area contributed by atoms with Crippen molar-refractivity contribution in [2.24, 2.45) is 29.1 Å². The van der Waals surface area contributed by atoms with Crippen molar-refractivity contribution in [3.8, 4) is 0 Å². The zero-order valence-corrected chi connectivity index (χ0v) is 12.5. The molecule has 1 spiro atoms. The standard InChI is InChI=1S/C17H16ClNO3/c18-9-1-3-10(4-2-9)19-15(20)13-11-5-6-12(14(13)16(21)22)17(11)7-8-17/h1-6,11-14H,7-8H2,(H,19,20)(H,21,22)/p-1/t11-,12+,13+,14+/m1/s1. The van der Waals surface area contributed by atoms with E-state index < -0.39 is 17.8 Å². The lowest BCUT2D eigenvalue weighted by atomic mass is 9.82. The Morgan fingerprint density at radius 2 is 1.68 bits per heavy atom. The lowest BCUT2D eigenvalue weighted by Gasteiger charge is -2.27. The topological polar surface area (TPSA) is 69.2 Å². The largest absolute Gasteiger partial charge is 0.550 e. The number of allylic oxidation sites excluding steroid dienone is 2. The number of benzene rings is 1. The van der Waals surface area contributed by atoms with E-state index in [-0.39, 0.29) is 23.2 Å². The number of carboxylic acids is 1. The second kappa shape index (κ2) is 4.59. The minimum atomic E-state index is -1.11. The molecule has 114 valence electrons. The summed E-state index contributed by atoms with van der Waals surface area (Å²) in [6.07, 6.45) is 6.01. The zero-order chi connectivity index (χ0) is 15.5. The molecular formula is C17H15ClNO3-. The van der Waals surface area contributed by atoms with Crippen LogP contribution in [0.3, 0.4) is 0 Å². The van der Waals surface area contributed by atoms with Crippen LogP contribution in [0, 0.1) is 29.1 Å². The fourth-order valence-electron chi connectivity index (χ4n) is 4.44. The molecule has 4 nitrogen and oxygen atoms in total. The number of anilines is 1. The first-order valence-electron chi connectivity index (χ1n) is 7.48. The third-order valence-electron chi connectivity index (χ3n) is 5.53. The van der Waals surface area contributed by atoms with Crippen LogP contribution in [0.4, 0.5) is 5.69 Å². The molecule has 3 aliphatic rings. The third-order valence-corrected chi connectivity index (χ3v) is 5.78. The molecule has 2 bridgehead atoms. The molecular weight excluding hydrogens is 302 g/mol. The quantitative estimate of drug-likeness (QED) is 0.865. The van der Waals surface area contributed by atoms with Crippen molar-refractivity contribution in [2.75, 3.05) is 5.32 Å². The lowest BCUT2D eigenvalue weighted by Crippen LogP contribution is -2.42. The summed E-state index contributed by atoms with van der Waals surface area (Å²) in [7, 11) is 0. The SMILES string of the molecule is O=C(Nc1ccc(Cl)cc1)[C@@H]1[C@@H](C(=O)[O-])[C@@H]2C=C[C@H]1C21CC1. The normalized spacial score (nSPS) is 33.1. The highest BCUT2D eigenvalue weighted by molar-refractivity contribution is 6.30. The van der Waals surface area contributed by atoms with E-state index in [4.69, 9.17) is 11.6 Å². The van der Waals surface area contributed by atoms with Crippen molar-refractivity contribution < 1.29 is 14.7 Å². The number of carbonyl (C=O) groups is 2. The summed E-state index contributed by atoms with van der Waals surface area (Å²) >= 11 is 5.83. The number of aliphatic carboxylic acids is 1. The number of nitrogens with one attached hydrogen (secondary N) is 1. The van der Waals surface area contributed by atoms with Crippen LogP contribution in [-0.4, -0.2) is 11.9 Å². The Morgan fingerprint density at radius 1 is 1.09 bits per heavy atom. The fraction of sp³-hybridized carbons (Fsp3) is 0.412. The van der Waals surface area contributed by atoms with Crippen molar-refractivity contribution >= 4 is 29.2 Å². The number of rotatable bonds is 3. The molecule has 1 amide bonds. The van der Waals surface area contributed by atoms with Crippen LogP contribution in [0.2, 0.25) is 5.02 Å². The second-order valence-corrected chi connectivity index (χ2v) is 6.97. The van der Waals surface area contributed by atoms with Crippen LogP contribution >= 0.6 is 11.6 Å². The Labute approximate surface area is 133 Å². The van der Waals surface area contributed by atoms with Gasteiger partial charge < -0.3 is 15.2 Å². The van der Waals surface area contributed by atoms with Crippen LogP contribution in [0.5, 0.6) is 0 Å². The Bertz CT molecular complexity index is 678. The highest BCUT2D eigenvalue weighted by Crippen LogP contribution is 2.71. The maximum Gasteiger partial charge on any atom is 0.228 e. The van der Waals surface area contributed by atoms with E-state index in [9.17, 15) is 14.7 Å². The van der Waals surface area contributed by atoms with Gasteiger partial charge in [-0.15, -0.1) is 0 Å². The smallest absolute Gasteiger partial charge is 0.228 e. The van der Waals surface area contributed by atoms with Gasteiger partial charge in [0, 0.05) is 22.6 Å². The number of carboxylic acid groups (broad SMARTS) is 1. The van der Waals surface area contributed by atoms with Gasteiger partial charge in [-0.2, -0.15) is 0 Å². The molecule has 22 heavy (non-hydrogen) atoms. The summed E-state index contributed by atoms with van der Waals surface area (Å²) in [6.45, 7) is 0. The van der Waals surface area contributed by atoms with Gasteiger partial charge in [0.1, 0.15) is 0 Å². The highest BCUT2D eigenvalue weighted by atomic mass is 35.5. The van der Waals surface area contributed by atoms with Gasteiger partial charge in [-0.05, 0) is 54.4 Å². The van der Waals surface area contributed by atoms with Crippen molar-refractivity contribution in [1.82, 2.24) is 0 Å². The predicted octanol–water partition coefficient (Wildman–Crippen LogP) is 1.86. The minimum absolute atomic E-state index is 0.00669. The molecule has 0 heterocycles. The Hall–Kier alpha value is -1.81. The van der Waals surface area contributed by atoms with Crippen molar-refractivity contribution in [3.63, 3.8) is 0 Å². The van der Waals surface area contributed by atoms with Gasteiger partial charge in [0.05, 0.1) is 5.92 Å². The minimum Gasteiger partial charge on any atom is -0.550 e. The molecule has 4 rings (SSSR count). The predicted molar refractivity (Wildman–Crippen MR) is 79.9 cm³/mol. The van der Waals surface area contributed by atoms with E-state index in [0.29, 0.717) is 10.7 Å². The maximum atomic E-state index is 12.7. The number of hydrogen-bond acceptors (Lipinski definition) is 3. The monoisotopic (exact) mass is 316 g/mol. The van der Waals surface area contributed by atoms with E-state index in [0.717, 1.165) is 12.8 Å². The average molecular weight is 317 g/mol. The highest BCUT2D eigenvalue weighted by Gasteiger charge is 2.68. The summed E-state index contributed by atoms with van der Waals surface area (Å²) in [6, 6.07) is 6.81. The second-order valence-electron chi connectivity index (χ2n) is 6.54. The molecule has 0 unspecified atom stereocenters. The van der Waals surface area contributed by atoms with Gasteiger partial charge in [0.25, 0.3) is 0 Å². The molecule has 5 heteroatoms. The zero-order valence-electron chi connectivity index (χ0n) is 11.8. The molecule has 2 saturated carbocycles. The first-order chi connectivity index (χ1) is 10.5. The van der Waals surface area contributed by atoms with E-state index >= 15 is 0 Å². The summed E-state index contributed by atoms with van der Waals surface area (Å²) in [5, 5.41) is 15.0. The molecule has 0 aliphatic heterocycles. The number of carbonyl (C=O) groups excluding carboxylic acids is 2. The van der Waals surface area contributed by atoms with Gasteiger partial charge in [-0.3, -0.25) is 4.79 Å². The average Bonchev–Trinajstić information content (AvgIpc) is 3.15. The summed E-state index contributed by atoms with van der Waals surface area (Å²) in [4.78, 5) is 24.2. The Morgan fingerprint density at radius 3 is 2.23 bits per heavy atom. The van der Waals surface area contributed by atoms with Crippen molar-refractivity contribution in [3.05, 3.63) is 41.4 Å². The molecule has 1 N–H and O–H groups in total. The molecule has 4 atom stereocenters. The molecule has 3 aliphatic carbocycles. The molecule has 1 aromatic rings. The van der Waals surface area contributed by atoms with E-state index in [1.54, 1.807) is 24.3 Å². The van der Waals surface area contributed by atoms with E-state index in [1.807, 2.05) is 12.2 Å². The molecule has 1 aromatic carbocycles. The summed E-state index contributed by atoms with van der Waals surface area (Å²) in [5.41, 5.74) is 0.635. The van der Waals surface area contributed by atoms with E-state index in [2.05, 4.69) is 5.32 Å². The van der Waals surface area contributed by atoms with Crippen LogP contribution < -0.4 is 10.4 Å². The van der Waals surface area contributed by atoms with Gasteiger partial charge in [-0.25, -0.2) is 0 Å². The van der Waals surface area contributed by atoms with Crippen LogP contribution in [0.25, 0.3) is 0 Å². The van der Waals surface area contributed by atoms with Crippen LogP contribution in [-0.2, 0) is 9.59 Å². The van der Waals surface area contributed by atoms with Crippen LogP contribution in [0.15, 0.2) is 36.4 Å². The Balaban J connectivity index is 1.60. The third kappa shape index (κ3) is 1.83. The summed E-state index contributed by atoms with van der Waals surface area (Å²) in [5.74, 6) is -2.64. The number of amides is 1. The van der Waals surface area contributed by atoms with Crippen LogP contribution in [0.1, 0.15) is 12.8 Å². The molecule has 0 radical (unpaired) electrons. The van der Waals surface area contributed by atoms with Gasteiger partial charge in [0.15, 0.2) is 0 Å². The van der Waals surface area contributed by atoms with Crippen molar-refractivity contribution in [1.29, 1.82) is 0 Å². The number of halogens is 1. The van der Waals surface area contributed by atoms with E-state index in [1.165, 1.54) is 0 Å². The molecule has 0 saturated heterocycles. The first-order valence-corrected chi connectivity index (χ1v) is 7.86. The fourth-order valence-corrected chi connectivity index (χ4v) is 4.56. The number of hydrogen-bond donors (Lipinski definition) is 1. The molecule has 2 fully saturated rings. The van der Waals surface area contributed by atoms with Gasteiger partial charge in [-0.1, -0.05) is 23.8 Å². The maximum absolute atomic E-state index is 12.7. The lowest BCUT2D eigenvalue weighted by molar-refractivity contribution is -0.313. The van der Waals surface area contributed by atoms with Crippen molar-refractivity contribution in [2.45, 2.75) is 12.8 Å². The summed E-state index contributed by atoms with van der Waals surface area (Å²) < 4.78 is 0. The molecule has 0 aromatic heterocycles. The van der Waals surface area contributed by atoms with Gasteiger partial charge >= 0.3 is 0 Å². The Kier molecular flexibility index (Phi) is 2.89.